The molecule has 18 heavy (non-hydrogen) atoms. The first kappa shape index (κ1) is 11.5. The molecular weight excluding hydrogens is 222 g/mol. The predicted octanol–water partition coefficient (Wildman–Crippen LogP) is 2.69. The highest BCUT2D eigenvalue weighted by molar-refractivity contribution is 5.21. The third kappa shape index (κ3) is 2.79. The maximum Gasteiger partial charge on any atom is 0.107 e. The van der Waals surface area contributed by atoms with E-state index in [0.29, 0.717) is 6.04 Å². The van der Waals surface area contributed by atoms with Gasteiger partial charge in [0, 0.05) is 31.4 Å². The van der Waals surface area contributed by atoms with Crippen molar-refractivity contribution in [3.8, 4) is 0 Å². The van der Waals surface area contributed by atoms with Crippen molar-refractivity contribution in [3.63, 3.8) is 0 Å². The first-order valence-corrected chi connectivity index (χ1v) is 6.70. The molecule has 1 aliphatic rings. The molecule has 2 aromatic rings. The maximum absolute atomic E-state index is 4.25. The van der Waals surface area contributed by atoms with E-state index in [1.807, 2.05) is 12.4 Å². The van der Waals surface area contributed by atoms with Crippen molar-refractivity contribution in [1.29, 1.82) is 0 Å². The van der Waals surface area contributed by atoms with E-state index in [9.17, 15) is 0 Å². The van der Waals surface area contributed by atoms with Crippen LogP contribution >= 0.6 is 0 Å². The molecule has 1 aromatic carbocycles. The predicted molar refractivity (Wildman–Crippen MR) is 72.2 cm³/mol. The second-order valence-corrected chi connectivity index (χ2v) is 4.97. The van der Waals surface area contributed by atoms with E-state index in [-0.39, 0.29) is 0 Å². The Hall–Kier alpha value is -1.61. The molecule has 1 saturated carbocycles. The zero-order valence-electron chi connectivity index (χ0n) is 10.5. The number of nitrogens with zero attached hydrogens (tertiary/aromatic N) is 1. The fourth-order valence-corrected chi connectivity index (χ4v) is 2.43. The molecular formula is C15H19N3. The van der Waals surface area contributed by atoms with E-state index in [1.54, 1.807) is 0 Å². The normalized spacial score (nSPS) is 16.7. The number of aromatic amines is 1. The minimum Gasteiger partial charge on any atom is -0.349 e. The smallest absolute Gasteiger partial charge is 0.107 e. The van der Waals surface area contributed by atoms with Gasteiger partial charge in [-0.2, -0.15) is 0 Å². The molecule has 0 amide bonds. The van der Waals surface area contributed by atoms with Crippen LogP contribution in [0.15, 0.2) is 42.7 Å². The molecule has 1 atom stereocenters. The van der Waals surface area contributed by atoms with Crippen molar-refractivity contribution in [1.82, 2.24) is 15.3 Å². The molecule has 0 spiro atoms. The van der Waals surface area contributed by atoms with Gasteiger partial charge >= 0.3 is 0 Å². The Labute approximate surface area is 108 Å². The molecule has 1 heterocycles. The largest absolute Gasteiger partial charge is 0.349 e. The summed E-state index contributed by atoms with van der Waals surface area (Å²) < 4.78 is 0. The number of imidazole rings is 1. The molecule has 1 unspecified atom stereocenters. The summed E-state index contributed by atoms with van der Waals surface area (Å²) in [5, 5.41) is 3.68. The molecule has 3 heteroatoms. The molecule has 1 aliphatic carbocycles. The van der Waals surface area contributed by atoms with Gasteiger partial charge in [0.25, 0.3) is 0 Å². The van der Waals surface area contributed by atoms with Gasteiger partial charge in [0.2, 0.25) is 0 Å². The summed E-state index contributed by atoms with van der Waals surface area (Å²) in [6.07, 6.45) is 7.36. The summed E-state index contributed by atoms with van der Waals surface area (Å²) in [7, 11) is 0. The Bertz CT molecular complexity index is 460. The van der Waals surface area contributed by atoms with Crippen molar-refractivity contribution in [3.05, 3.63) is 54.1 Å². The van der Waals surface area contributed by atoms with Gasteiger partial charge in [0.15, 0.2) is 0 Å². The standard InChI is InChI=1S/C15H19N3/c1-2-4-12(5-3-1)15(13-6-7-13)18-9-8-14-16-10-11-17-14/h1-5,10-11,13,15,18H,6-9H2,(H,16,17). The van der Waals surface area contributed by atoms with Gasteiger partial charge in [0.05, 0.1) is 0 Å². The molecule has 3 rings (SSSR count). The van der Waals surface area contributed by atoms with E-state index in [2.05, 4.69) is 45.6 Å². The van der Waals surface area contributed by atoms with Crippen molar-refractivity contribution >= 4 is 0 Å². The van der Waals surface area contributed by atoms with Crippen molar-refractivity contribution < 1.29 is 0 Å². The van der Waals surface area contributed by atoms with Gasteiger partial charge in [0.1, 0.15) is 5.82 Å². The van der Waals surface area contributed by atoms with Crippen LogP contribution in [0.3, 0.4) is 0 Å². The Morgan fingerprint density at radius 1 is 1.28 bits per heavy atom. The van der Waals surface area contributed by atoms with E-state index in [4.69, 9.17) is 0 Å². The highest BCUT2D eigenvalue weighted by Crippen LogP contribution is 2.40. The number of rotatable bonds is 6. The molecule has 1 aromatic heterocycles. The van der Waals surface area contributed by atoms with Crippen LogP contribution in [0.5, 0.6) is 0 Å². The number of aromatic nitrogens is 2. The lowest BCUT2D eigenvalue weighted by atomic mass is 10.0. The second kappa shape index (κ2) is 5.36. The summed E-state index contributed by atoms with van der Waals surface area (Å²) in [6.45, 7) is 0.976. The van der Waals surface area contributed by atoms with Gasteiger partial charge in [-0.1, -0.05) is 30.3 Å². The van der Waals surface area contributed by atoms with Gasteiger partial charge in [-0.05, 0) is 24.3 Å². The van der Waals surface area contributed by atoms with Gasteiger partial charge in [-0.15, -0.1) is 0 Å². The van der Waals surface area contributed by atoms with E-state index >= 15 is 0 Å². The summed E-state index contributed by atoms with van der Waals surface area (Å²) in [4.78, 5) is 7.40. The average Bonchev–Trinajstić information content (AvgIpc) is 3.12. The SMILES string of the molecule is c1ccc(C(NCCc2ncc[nH]2)C2CC2)cc1. The Kier molecular flexibility index (Phi) is 3.42. The molecule has 0 saturated heterocycles. The summed E-state index contributed by atoms with van der Waals surface area (Å²) in [5.41, 5.74) is 1.42. The number of nitrogens with one attached hydrogen (secondary N) is 2. The minimum atomic E-state index is 0.515. The molecule has 94 valence electrons. The topological polar surface area (TPSA) is 40.7 Å². The van der Waals surface area contributed by atoms with E-state index in [1.165, 1.54) is 18.4 Å². The lowest BCUT2D eigenvalue weighted by Gasteiger charge is -2.18. The number of hydrogen-bond acceptors (Lipinski definition) is 2. The van der Waals surface area contributed by atoms with Crippen molar-refractivity contribution in [2.45, 2.75) is 25.3 Å². The molecule has 0 aliphatic heterocycles. The fourth-order valence-electron chi connectivity index (χ4n) is 2.43. The fraction of sp³-hybridized carbons (Fsp3) is 0.400. The van der Waals surface area contributed by atoms with Crippen LogP contribution in [0.4, 0.5) is 0 Å². The van der Waals surface area contributed by atoms with Crippen LogP contribution < -0.4 is 5.32 Å². The first-order chi connectivity index (χ1) is 8.93. The van der Waals surface area contributed by atoms with Crippen LogP contribution in [-0.4, -0.2) is 16.5 Å². The molecule has 0 bridgehead atoms. The summed E-state index contributed by atoms with van der Waals surface area (Å²) >= 11 is 0. The minimum absolute atomic E-state index is 0.515. The summed E-state index contributed by atoms with van der Waals surface area (Å²) in [6, 6.07) is 11.3. The van der Waals surface area contributed by atoms with Crippen LogP contribution in [0, 0.1) is 5.92 Å². The monoisotopic (exact) mass is 241 g/mol. The van der Waals surface area contributed by atoms with Crippen molar-refractivity contribution in [2.75, 3.05) is 6.54 Å². The molecule has 2 N–H and O–H groups in total. The lowest BCUT2D eigenvalue weighted by molar-refractivity contribution is 0.482. The number of H-pyrrole nitrogens is 1. The van der Waals surface area contributed by atoms with Crippen LogP contribution in [-0.2, 0) is 6.42 Å². The molecule has 1 fully saturated rings. The zero-order chi connectivity index (χ0) is 12.2. The average molecular weight is 241 g/mol. The van der Waals surface area contributed by atoms with Crippen LogP contribution in [0.1, 0.15) is 30.3 Å². The first-order valence-electron chi connectivity index (χ1n) is 6.70. The Morgan fingerprint density at radius 2 is 2.11 bits per heavy atom. The highest BCUT2D eigenvalue weighted by Gasteiger charge is 2.31. The quantitative estimate of drug-likeness (QED) is 0.816. The Morgan fingerprint density at radius 3 is 2.78 bits per heavy atom. The van der Waals surface area contributed by atoms with Crippen molar-refractivity contribution in [2.24, 2.45) is 5.92 Å². The third-order valence-electron chi connectivity index (χ3n) is 3.53. The third-order valence-corrected chi connectivity index (χ3v) is 3.53. The van der Waals surface area contributed by atoms with Gasteiger partial charge in [-0.25, -0.2) is 4.98 Å². The zero-order valence-corrected chi connectivity index (χ0v) is 10.5. The number of benzene rings is 1. The molecule has 0 radical (unpaired) electrons. The molecule has 3 nitrogen and oxygen atoms in total. The van der Waals surface area contributed by atoms with Gasteiger partial charge in [-0.3, -0.25) is 0 Å². The maximum atomic E-state index is 4.25. The van der Waals surface area contributed by atoms with Crippen LogP contribution in [0.2, 0.25) is 0 Å². The number of hydrogen-bond donors (Lipinski definition) is 2. The highest BCUT2D eigenvalue weighted by atomic mass is 14.9. The van der Waals surface area contributed by atoms with Gasteiger partial charge < -0.3 is 10.3 Å². The van der Waals surface area contributed by atoms with E-state index < -0.39 is 0 Å². The Balaban J connectivity index is 1.58. The van der Waals surface area contributed by atoms with E-state index in [0.717, 1.165) is 24.7 Å². The van der Waals surface area contributed by atoms with Crippen LogP contribution in [0.25, 0.3) is 0 Å². The second-order valence-electron chi connectivity index (χ2n) is 4.97. The summed E-state index contributed by atoms with van der Waals surface area (Å²) in [5.74, 6) is 1.88. The lowest BCUT2D eigenvalue weighted by Crippen LogP contribution is -2.25.